The van der Waals surface area contributed by atoms with Crippen molar-refractivity contribution in [2.24, 2.45) is 11.8 Å². The molecule has 0 atom stereocenters. The van der Waals surface area contributed by atoms with E-state index in [-0.39, 0.29) is 7.43 Å². The van der Waals surface area contributed by atoms with Gasteiger partial charge in [0, 0.05) is 48.6 Å². The van der Waals surface area contributed by atoms with Crippen LogP contribution in [0.15, 0.2) is 61.2 Å². The highest BCUT2D eigenvalue weighted by atomic mass is 15.1. The SMILES string of the molecule is C.CCCCN1CCC(Cn2ccc3cccnc32)CC1.c1cnc2c(c1)ccn2CC1CCNCC1. The van der Waals surface area contributed by atoms with Gasteiger partial charge in [-0.05, 0) is 113 Å². The number of hydrogen-bond donors (Lipinski definition) is 1. The molecule has 2 saturated heterocycles. The first-order chi connectivity index (χ1) is 17.8. The zero-order valence-electron chi connectivity index (χ0n) is 21.9. The van der Waals surface area contributed by atoms with Crippen LogP contribution in [0.5, 0.6) is 0 Å². The van der Waals surface area contributed by atoms with Crippen molar-refractivity contribution in [2.75, 3.05) is 32.7 Å². The first-order valence-corrected chi connectivity index (χ1v) is 14.0. The van der Waals surface area contributed by atoms with E-state index in [0.717, 1.165) is 49.3 Å². The number of pyridine rings is 2. The van der Waals surface area contributed by atoms with Crippen molar-refractivity contribution in [1.29, 1.82) is 0 Å². The van der Waals surface area contributed by atoms with Crippen LogP contribution in [-0.2, 0) is 13.1 Å². The van der Waals surface area contributed by atoms with Gasteiger partial charge in [-0.2, -0.15) is 0 Å². The Hall–Kier alpha value is -2.70. The second kappa shape index (κ2) is 13.7. The van der Waals surface area contributed by atoms with E-state index in [9.17, 15) is 0 Å². The molecule has 0 saturated carbocycles. The number of hydrogen-bond acceptors (Lipinski definition) is 4. The lowest BCUT2D eigenvalue weighted by atomic mass is 9.96. The molecule has 0 aliphatic carbocycles. The minimum atomic E-state index is 0. The number of rotatable bonds is 7. The minimum Gasteiger partial charge on any atom is -0.332 e. The Morgan fingerprint density at radius 2 is 1.32 bits per heavy atom. The molecule has 4 aromatic heterocycles. The summed E-state index contributed by atoms with van der Waals surface area (Å²) in [5.41, 5.74) is 2.27. The second-order valence-electron chi connectivity index (χ2n) is 10.6. The van der Waals surface area contributed by atoms with Gasteiger partial charge in [-0.3, -0.25) is 0 Å². The van der Waals surface area contributed by atoms with Gasteiger partial charge in [0.25, 0.3) is 0 Å². The van der Waals surface area contributed by atoms with Gasteiger partial charge in [0.15, 0.2) is 0 Å². The van der Waals surface area contributed by atoms with Crippen molar-refractivity contribution in [3.05, 3.63) is 61.2 Å². The minimum absolute atomic E-state index is 0. The summed E-state index contributed by atoms with van der Waals surface area (Å²) in [4.78, 5) is 11.6. The Morgan fingerprint density at radius 3 is 1.86 bits per heavy atom. The third-order valence-electron chi connectivity index (χ3n) is 7.95. The molecule has 6 nitrogen and oxygen atoms in total. The van der Waals surface area contributed by atoms with Crippen molar-refractivity contribution in [1.82, 2.24) is 29.3 Å². The molecule has 6 heterocycles. The summed E-state index contributed by atoms with van der Waals surface area (Å²) in [7, 11) is 0. The van der Waals surface area contributed by atoms with Gasteiger partial charge in [0.2, 0.25) is 0 Å². The zero-order valence-corrected chi connectivity index (χ0v) is 21.9. The van der Waals surface area contributed by atoms with E-state index in [1.165, 1.54) is 68.9 Å². The highest BCUT2D eigenvalue weighted by Crippen LogP contribution is 2.22. The number of aromatic nitrogens is 4. The fraction of sp³-hybridized carbons (Fsp3) is 0.548. The molecule has 0 unspecified atom stereocenters. The Labute approximate surface area is 223 Å². The summed E-state index contributed by atoms with van der Waals surface area (Å²) in [6.45, 7) is 10.7. The molecule has 200 valence electrons. The third kappa shape index (κ3) is 7.20. The number of unbranched alkanes of at least 4 members (excludes halogenated alkanes) is 1. The Kier molecular flexibility index (Phi) is 10.1. The molecule has 0 bridgehead atoms. The van der Waals surface area contributed by atoms with Crippen LogP contribution in [0.1, 0.15) is 52.9 Å². The molecule has 6 rings (SSSR count). The molecule has 0 spiro atoms. The van der Waals surface area contributed by atoms with Crippen molar-refractivity contribution in [3.8, 4) is 0 Å². The highest BCUT2D eigenvalue weighted by Gasteiger charge is 2.19. The third-order valence-corrected chi connectivity index (χ3v) is 7.95. The number of likely N-dealkylation sites (tertiary alicyclic amines) is 1. The Morgan fingerprint density at radius 1 is 0.784 bits per heavy atom. The molecule has 0 radical (unpaired) electrons. The summed E-state index contributed by atoms with van der Waals surface area (Å²) in [6.07, 6.45) is 16.0. The van der Waals surface area contributed by atoms with Crippen LogP contribution in [0.2, 0.25) is 0 Å². The van der Waals surface area contributed by atoms with E-state index in [4.69, 9.17) is 0 Å². The van der Waals surface area contributed by atoms with Crippen LogP contribution in [0.4, 0.5) is 0 Å². The molecular weight excluding hydrogens is 456 g/mol. The van der Waals surface area contributed by atoms with E-state index >= 15 is 0 Å². The van der Waals surface area contributed by atoms with Gasteiger partial charge in [-0.1, -0.05) is 20.8 Å². The lowest BCUT2D eigenvalue weighted by molar-refractivity contribution is 0.172. The number of nitrogens with zero attached hydrogens (tertiary/aromatic N) is 5. The van der Waals surface area contributed by atoms with Gasteiger partial charge < -0.3 is 19.4 Å². The number of piperidine rings is 2. The van der Waals surface area contributed by atoms with E-state index in [0.29, 0.717) is 0 Å². The maximum absolute atomic E-state index is 4.51. The predicted molar refractivity (Wildman–Crippen MR) is 156 cm³/mol. The van der Waals surface area contributed by atoms with Crippen LogP contribution >= 0.6 is 0 Å². The zero-order chi connectivity index (χ0) is 24.6. The molecule has 2 aliphatic rings. The van der Waals surface area contributed by atoms with Crippen LogP contribution in [-0.4, -0.2) is 56.7 Å². The van der Waals surface area contributed by atoms with E-state index in [2.05, 4.69) is 72.9 Å². The van der Waals surface area contributed by atoms with Gasteiger partial charge in [0.1, 0.15) is 11.3 Å². The standard InChI is InChI=1S/C17H25N3.C13H17N3.CH4/c1-2-3-10-19-11-6-15(7-12-19)14-20-13-8-16-5-4-9-18-17(16)20;1-2-12-5-9-16(13(12)15-6-1)10-11-3-7-14-8-4-11;/h4-5,8-9,13,15H,2-3,6-7,10-12,14H2,1H3;1-2,5-6,9,11,14H,3-4,7-8,10H2;1H4. The number of nitrogens with one attached hydrogen (secondary N) is 1. The van der Waals surface area contributed by atoms with Crippen molar-refractivity contribution in [3.63, 3.8) is 0 Å². The highest BCUT2D eigenvalue weighted by molar-refractivity contribution is 5.76. The van der Waals surface area contributed by atoms with Crippen LogP contribution < -0.4 is 5.32 Å². The molecule has 4 aromatic rings. The number of fused-ring (bicyclic) bond motifs is 2. The van der Waals surface area contributed by atoms with Crippen molar-refractivity contribution < 1.29 is 0 Å². The summed E-state index contributed by atoms with van der Waals surface area (Å²) < 4.78 is 4.63. The summed E-state index contributed by atoms with van der Waals surface area (Å²) >= 11 is 0. The Balaban J connectivity index is 0.000000172. The largest absolute Gasteiger partial charge is 0.332 e. The van der Waals surface area contributed by atoms with Crippen LogP contribution in [0.25, 0.3) is 22.1 Å². The monoisotopic (exact) mass is 502 g/mol. The van der Waals surface area contributed by atoms with Crippen LogP contribution in [0, 0.1) is 11.8 Å². The molecule has 1 N–H and O–H groups in total. The fourth-order valence-electron chi connectivity index (χ4n) is 5.73. The summed E-state index contributed by atoms with van der Waals surface area (Å²) in [6, 6.07) is 12.6. The van der Waals surface area contributed by atoms with Gasteiger partial charge in [-0.25, -0.2) is 9.97 Å². The maximum atomic E-state index is 4.51. The molecule has 6 heteroatoms. The summed E-state index contributed by atoms with van der Waals surface area (Å²) in [5, 5.41) is 5.91. The molecule has 0 amide bonds. The average molecular weight is 503 g/mol. The Bertz CT molecular complexity index is 1200. The smallest absolute Gasteiger partial charge is 0.139 e. The van der Waals surface area contributed by atoms with Gasteiger partial charge in [-0.15, -0.1) is 0 Å². The molecule has 0 aromatic carbocycles. The molecular formula is C31H46N6. The first-order valence-electron chi connectivity index (χ1n) is 14.0. The quantitative estimate of drug-likeness (QED) is 0.326. The van der Waals surface area contributed by atoms with Gasteiger partial charge in [0.05, 0.1) is 0 Å². The molecule has 2 aliphatic heterocycles. The van der Waals surface area contributed by atoms with E-state index in [1.807, 2.05) is 24.5 Å². The topological polar surface area (TPSA) is 50.9 Å². The first kappa shape index (κ1) is 27.3. The van der Waals surface area contributed by atoms with Crippen molar-refractivity contribution >= 4 is 22.1 Å². The lowest BCUT2D eigenvalue weighted by Crippen LogP contribution is -2.35. The lowest BCUT2D eigenvalue weighted by Gasteiger charge is -2.32. The average Bonchev–Trinajstić information content (AvgIpc) is 3.54. The second-order valence-corrected chi connectivity index (χ2v) is 10.6. The predicted octanol–water partition coefficient (Wildman–Crippen LogP) is 6.22. The normalized spacial score (nSPS) is 17.4. The van der Waals surface area contributed by atoms with Crippen molar-refractivity contribution in [2.45, 2.75) is 66.0 Å². The van der Waals surface area contributed by atoms with Crippen LogP contribution in [0.3, 0.4) is 0 Å². The molecule has 2 fully saturated rings. The summed E-state index contributed by atoms with van der Waals surface area (Å²) in [5.74, 6) is 1.62. The fourth-order valence-corrected chi connectivity index (χ4v) is 5.73. The van der Waals surface area contributed by atoms with E-state index in [1.54, 1.807) is 0 Å². The van der Waals surface area contributed by atoms with Gasteiger partial charge >= 0.3 is 0 Å². The molecule has 37 heavy (non-hydrogen) atoms. The van der Waals surface area contributed by atoms with E-state index < -0.39 is 0 Å². The maximum Gasteiger partial charge on any atom is 0.139 e.